The van der Waals surface area contributed by atoms with Crippen LogP contribution < -0.4 is 21.2 Å². The fourth-order valence-corrected chi connectivity index (χ4v) is 2.66. The molecular formula is C20H18FN3O4. The molecule has 28 heavy (non-hydrogen) atoms. The molecule has 1 heterocycles. The van der Waals surface area contributed by atoms with Crippen molar-refractivity contribution >= 4 is 11.6 Å². The average Bonchev–Trinajstić information content (AvgIpc) is 2.68. The number of nitrogens with zero attached hydrogens (tertiary/aromatic N) is 2. The molecular weight excluding hydrogens is 365 g/mol. The Kier molecular flexibility index (Phi) is 5.39. The summed E-state index contributed by atoms with van der Waals surface area (Å²) >= 11 is 0. The van der Waals surface area contributed by atoms with Gasteiger partial charge in [0.05, 0.1) is 18.5 Å². The summed E-state index contributed by atoms with van der Waals surface area (Å²) in [5, 5.41) is 2.63. The first kappa shape index (κ1) is 19.1. The van der Waals surface area contributed by atoms with Crippen LogP contribution in [0.5, 0.6) is 5.75 Å². The van der Waals surface area contributed by atoms with Crippen LogP contribution in [-0.2, 0) is 11.3 Å². The number of rotatable bonds is 5. The zero-order valence-electron chi connectivity index (χ0n) is 15.3. The molecule has 3 rings (SSSR count). The zero-order valence-corrected chi connectivity index (χ0v) is 15.3. The van der Waals surface area contributed by atoms with Crippen molar-refractivity contribution in [2.75, 3.05) is 12.4 Å². The molecule has 0 aliphatic rings. The maximum absolute atomic E-state index is 13.8. The molecule has 8 heteroatoms. The highest BCUT2D eigenvalue weighted by molar-refractivity contribution is 5.92. The van der Waals surface area contributed by atoms with Gasteiger partial charge in [0, 0.05) is 12.4 Å². The van der Waals surface area contributed by atoms with E-state index in [1.807, 2.05) is 0 Å². The van der Waals surface area contributed by atoms with Crippen molar-refractivity contribution in [1.29, 1.82) is 0 Å². The van der Waals surface area contributed by atoms with E-state index in [0.29, 0.717) is 17.0 Å². The van der Waals surface area contributed by atoms with E-state index in [2.05, 4.69) is 5.32 Å². The fraction of sp³-hybridized carbons (Fsp3) is 0.150. The molecule has 0 bridgehead atoms. The Morgan fingerprint density at radius 1 is 1.11 bits per heavy atom. The molecule has 0 atom stereocenters. The minimum absolute atomic E-state index is 0.232. The van der Waals surface area contributed by atoms with E-state index < -0.39 is 22.8 Å². The van der Waals surface area contributed by atoms with E-state index >= 15 is 0 Å². The number of carbonyl (C=O) groups is 1. The molecule has 144 valence electrons. The second-order valence-electron chi connectivity index (χ2n) is 6.09. The average molecular weight is 383 g/mol. The lowest BCUT2D eigenvalue weighted by atomic mass is 10.2. The van der Waals surface area contributed by atoms with Crippen LogP contribution >= 0.6 is 0 Å². The molecule has 0 saturated carbocycles. The summed E-state index contributed by atoms with van der Waals surface area (Å²) in [4.78, 5) is 37.0. The molecule has 0 radical (unpaired) electrons. The molecule has 3 aromatic rings. The Morgan fingerprint density at radius 2 is 1.86 bits per heavy atom. The summed E-state index contributed by atoms with van der Waals surface area (Å²) in [6, 6.07) is 11.1. The largest absolute Gasteiger partial charge is 0.495 e. The third kappa shape index (κ3) is 3.85. The quantitative estimate of drug-likeness (QED) is 0.684. The number of aromatic nitrogens is 2. The number of ether oxygens (including phenoxy) is 1. The van der Waals surface area contributed by atoms with Crippen LogP contribution in [0, 0.1) is 12.7 Å². The first-order chi connectivity index (χ1) is 13.4. The number of benzene rings is 2. The Balaban J connectivity index is 1.85. The highest BCUT2D eigenvalue weighted by Crippen LogP contribution is 2.22. The first-order valence-corrected chi connectivity index (χ1v) is 8.42. The third-order valence-electron chi connectivity index (χ3n) is 4.19. The fourth-order valence-electron chi connectivity index (χ4n) is 2.66. The van der Waals surface area contributed by atoms with Crippen molar-refractivity contribution in [3.63, 3.8) is 0 Å². The van der Waals surface area contributed by atoms with Gasteiger partial charge in [0.2, 0.25) is 5.91 Å². The number of aryl methyl sites for hydroxylation is 1. The molecule has 0 aliphatic carbocycles. The predicted octanol–water partition coefficient (Wildman–Crippen LogP) is 2.09. The number of para-hydroxylation sites is 2. The van der Waals surface area contributed by atoms with Gasteiger partial charge in [-0.15, -0.1) is 0 Å². The normalized spacial score (nSPS) is 10.5. The Labute approximate surface area is 159 Å². The van der Waals surface area contributed by atoms with Crippen LogP contribution in [0.25, 0.3) is 5.69 Å². The van der Waals surface area contributed by atoms with Gasteiger partial charge in [-0.25, -0.2) is 4.39 Å². The number of hydrogen-bond donors (Lipinski definition) is 1. The van der Waals surface area contributed by atoms with Crippen LogP contribution in [0.3, 0.4) is 0 Å². The standard InChI is InChI=1S/C20H18FN3O4/c1-13-7-8-14(11-15(13)21)24-10-9-23(19(26)20(24)27)12-18(25)22-16-5-3-4-6-17(16)28-2/h3-11H,12H2,1-2H3,(H,22,25). The maximum Gasteiger partial charge on any atom is 0.320 e. The number of halogens is 1. The number of amides is 1. The molecule has 2 aromatic carbocycles. The first-order valence-electron chi connectivity index (χ1n) is 8.42. The lowest BCUT2D eigenvalue weighted by molar-refractivity contribution is -0.116. The summed E-state index contributed by atoms with van der Waals surface area (Å²) in [5.74, 6) is -0.505. The number of carbonyl (C=O) groups excluding carboxylic acids is 1. The highest BCUT2D eigenvalue weighted by atomic mass is 19.1. The lowest BCUT2D eigenvalue weighted by Gasteiger charge is -2.12. The molecule has 0 aliphatic heterocycles. The summed E-state index contributed by atoms with van der Waals surface area (Å²) in [5.41, 5.74) is -0.657. The molecule has 1 amide bonds. The van der Waals surface area contributed by atoms with E-state index in [0.717, 1.165) is 9.13 Å². The number of methoxy groups -OCH3 is 1. The van der Waals surface area contributed by atoms with E-state index in [1.54, 1.807) is 31.2 Å². The van der Waals surface area contributed by atoms with Gasteiger partial charge in [-0.3, -0.25) is 23.5 Å². The number of nitrogens with one attached hydrogen (secondary N) is 1. The number of hydrogen-bond acceptors (Lipinski definition) is 4. The van der Waals surface area contributed by atoms with Crippen LogP contribution in [0.1, 0.15) is 5.56 Å². The second-order valence-corrected chi connectivity index (χ2v) is 6.09. The van der Waals surface area contributed by atoms with Crippen LogP contribution in [0.4, 0.5) is 10.1 Å². The zero-order chi connectivity index (χ0) is 20.3. The van der Waals surface area contributed by atoms with Crippen molar-refractivity contribution in [3.8, 4) is 11.4 Å². The molecule has 0 spiro atoms. The van der Waals surface area contributed by atoms with Crippen LogP contribution in [0.15, 0.2) is 64.4 Å². The summed E-state index contributed by atoms with van der Waals surface area (Å²) < 4.78 is 20.9. The molecule has 1 aromatic heterocycles. The highest BCUT2D eigenvalue weighted by Gasteiger charge is 2.12. The van der Waals surface area contributed by atoms with E-state index in [-0.39, 0.29) is 12.2 Å². The van der Waals surface area contributed by atoms with Gasteiger partial charge in [0.15, 0.2) is 0 Å². The Morgan fingerprint density at radius 3 is 2.57 bits per heavy atom. The van der Waals surface area contributed by atoms with Crippen molar-refractivity contribution < 1.29 is 13.9 Å². The van der Waals surface area contributed by atoms with Gasteiger partial charge in [-0.1, -0.05) is 18.2 Å². The topological polar surface area (TPSA) is 82.3 Å². The molecule has 0 saturated heterocycles. The van der Waals surface area contributed by atoms with E-state index in [1.165, 1.54) is 37.7 Å². The molecule has 0 fully saturated rings. The van der Waals surface area contributed by atoms with E-state index in [9.17, 15) is 18.8 Å². The minimum Gasteiger partial charge on any atom is -0.495 e. The monoisotopic (exact) mass is 383 g/mol. The Bertz CT molecular complexity index is 1150. The summed E-state index contributed by atoms with van der Waals surface area (Å²) in [6.45, 7) is 1.25. The van der Waals surface area contributed by atoms with Gasteiger partial charge in [-0.2, -0.15) is 0 Å². The van der Waals surface area contributed by atoms with Gasteiger partial charge in [-0.05, 0) is 36.8 Å². The van der Waals surface area contributed by atoms with Crippen LogP contribution in [-0.4, -0.2) is 22.2 Å². The van der Waals surface area contributed by atoms with Crippen molar-refractivity contribution in [1.82, 2.24) is 9.13 Å². The molecule has 0 unspecified atom stereocenters. The van der Waals surface area contributed by atoms with Gasteiger partial charge >= 0.3 is 11.1 Å². The summed E-state index contributed by atoms with van der Waals surface area (Å²) in [7, 11) is 1.48. The van der Waals surface area contributed by atoms with Crippen molar-refractivity contribution in [2.45, 2.75) is 13.5 Å². The Hall–Kier alpha value is -3.68. The van der Waals surface area contributed by atoms with Crippen molar-refractivity contribution in [3.05, 3.63) is 86.9 Å². The second kappa shape index (κ2) is 7.91. The lowest BCUT2D eigenvalue weighted by Crippen LogP contribution is -2.41. The minimum atomic E-state index is -0.890. The predicted molar refractivity (Wildman–Crippen MR) is 103 cm³/mol. The van der Waals surface area contributed by atoms with Crippen LogP contribution in [0.2, 0.25) is 0 Å². The maximum atomic E-state index is 13.8. The number of anilines is 1. The van der Waals surface area contributed by atoms with Gasteiger partial charge in [0.25, 0.3) is 0 Å². The SMILES string of the molecule is COc1ccccc1NC(=O)Cn1ccn(-c2ccc(C)c(F)c2)c(=O)c1=O. The summed E-state index contributed by atoms with van der Waals surface area (Å²) in [6.07, 6.45) is 2.63. The van der Waals surface area contributed by atoms with Crippen molar-refractivity contribution in [2.24, 2.45) is 0 Å². The van der Waals surface area contributed by atoms with Gasteiger partial charge < -0.3 is 10.1 Å². The third-order valence-corrected chi connectivity index (χ3v) is 4.19. The smallest absolute Gasteiger partial charge is 0.320 e. The van der Waals surface area contributed by atoms with Gasteiger partial charge in [0.1, 0.15) is 18.1 Å². The van der Waals surface area contributed by atoms with E-state index in [4.69, 9.17) is 4.74 Å². The molecule has 1 N–H and O–H groups in total. The molecule has 7 nitrogen and oxygen atoms in total.